The zero-order chi connectivity index (χ0) is 16.7. The number of halogens is 2. The minimum atomic E-state index is -0.289. The molecule has 6 heteroatoms. The molecule has 0 aliphatic rings. The van der Waals surface area contributed by atoms with Crippen molar-refractivity contribution >= 4 is 18.3 Å². The van der Waals surface area contributed by atoms with E-state index >= 15 is 0 Å². The number of benzene rings is 2. The lowest BCUT2D eigenvalue weighted by atomic mass is 10.1. The summed E-state index contributed by atoms with van der Waals surface area (Å²) in [6.45, 7) is 1.51. The number of carbonyl (C=O) groups is 1. The van der Waals surface area contributed by atoms with E-state index in [9.17, 15) is 9.18 Å². The maximum atomic E-state index is 12.8. The fourth-order valence-corrected chi connectivity index (χ4v) is 2.13. The van der Waals surface area contributed by atoms with Crippen LogP contribution in [0.15, 0.2) is 48.5 Å². The summed E-state index contributed by atoms with van der Waals surface area (Å²) in [6, 6.07) is 13.2. The van der Waals surface area contributed by atoms with Crippen LogP contribution in [-0.2, 0) is 6.54 Å². The van der Waals surface area contributed by atoms with Crippen LogP contribution < -0.4 is 10.5 Å². The van der Waals surface area contributed by atoms with Crippen LogP contribution in [0.1, 0.15) is 22.3 Å². The molecule has 0 fully saturated rings. The van der Waals surface area contributed by atoms with Gasteiger partial charge < -0.3 is 15.4 Å². The highest BCUT2D eigenvalue weighted by molar-refractivity contribution is 5.94. The zero-order valence-corrected chi connectivity index (χ0v) is 14.4. The fourth-order valence-electron chi connectivity index (χ4n) is 2.13. The zero-order valence-electron chi connectivity index (χ0n) is 13.6. The molecule has 0 aromatic heterocycles. The van der Waals surface area contributed by atoms with E-state index < -0.39 is 0 Å². The molecule has 0 heterocycles. The highest BCUT2D eigenvalue weighted by Crippen LogP contribution is 2.11. The molecule has 4 nitrogen and oxygen atoms in total. The molecule has 0 saturated carbocycles. The summed E-state index contributed by atoms with van der Waals surface area (Å²) in [6.07, 6.45) is 0.695. The molecule has 130 valence electrons. The maximum absolute atomic E-state index is 12.8. The van der Waals surface area contributed by atoms with Gasteiger partial charge in [-0.1, -0.05) is 12.1 Å². The molecule has 0 unspecified atom stereocenters. The lowest BCUT2D eigenvalue weighted by Crippen LogP contribution is -2.28. The first kappa shape index (κ1) is 19.9. The van der Waals surface area contributed by atoms with Gasteiger partial charge >= 0.3 is 0 Å². The highest BCUT2D eigenvalue weighted by atomic mass is 35.5. The van der Waals surface area contributed by atoms with Gasteiger partial charge in [0, 0.05) is 25.7 Å². The van der Waals surface area contributed by atoms with Crippen molar-refractivity contribution in [1.29, 1.82) is 0 Å². The van der Waals surface area contributed by atoms with Gasteiger partial charge in [-0.25, -0.2) is 4.39 Å². The third-order valence-corrected chi connectivity index (χ3v) is 3.50. The van der Waals surface area contributed by atoms with Gasteiger partial charge in [0.25, 0.3) is 5.91 Å². The Labute approximate surface area is 147 Å². The van der Waals surface area contributed by atoms with E-state index in [4.69, 9.17) is 10.5 Å². The molecule has 0 radical (unpaired) electrons. The SMILES string of the molecule is CN(CCCOc1ccc(F)cc1)C(=O)c1ccc(CN)cc1.Cl. The van der Waals surface area contributed by atoms with Crippen LogP contribution in [-0.4, -0.2) is 31.0 Å². The van der Waals surface area contributed by atoms with Crippen molar-refractivity contribution in [3.8, 4) is 5.75 Å². The van der Waals surface area contributed by atoms with Crippen molar-refractivity contribution in [2.24, 2.45) is 5.73 Å². The summed E-state index contributed by atoms with van der Waals surface area (Å²) in [5.74, 6) is 0.302. The van der Waals surface area contributed by atoms with Crippen LogP contribution in [0.25, 0.3) is 0 Å². The van der Waals surface area contributed by atoms with Crippen LogP contribution in [0.5, 0.6) is 5.75 Å². The molecular formula is C18H22ClFN2O2. The molecule has 2 rings (SSSR count). The van der Waals surface area contributed by atoms with Crippen molar-refractivity contribution < 1.29 is 13.9 Å². The molecular weight excluding hydrogens is 331 g/mol. The second-order valence-corrected chi connectivity index (χ2v) is 5.28. The van der Waals surface area contributed by atoms with Crippen LogP contribution >= 0.6 is 12.4 Å². The minimum Gasteiger partial charge on any atom is -0.494 e. The average Bonchev–Trinajstić information content (AvgIpc) is 2.59. The Kier molecular flexibility index (Phi) is 8.22. The quantitative estimate of drug-likeness (QED) is 0.778. The summed E-state index contributed by atoms with van der Waals surface area (Å²) in [4.78, 5) is 13.9. The Balaban J connectivity index is 0.00000288. The van der Waals surface area contributed by atoms with E-state index in [0.717, 1.165) is 5.56 Å². The summed E-state index contributed by atoms with van der Waals surface area (Å²) < 4.78 is 18.3. The first-order chi connectivity index (χ1) is 11.1. The summed E-state index contributed by atoms with van der Waals surface area (Å²) >= 11 is 0. The van der Waals surface area contributed by atoms with Gasteiger partial charge in [0.1, 0.15) is 11.6 Å². The topological polar surface area (TPSA) is 55.6 Å². The number of ether oxygens (including phenoxy) is 1. The van der Waals surface area contributed by atoms with E-state index in [1.165, 1.54) is 12.1 Å². The summed E-state index contributed by atoms with van der Waals surface area (Å²) in [5, 5.41) is 0. The van der Waals surface area contributed by atoms with Crippen molar-refractivity contribution in [2.45, 2.75) is 13.0 Å². The third-order valence-electron chi connectivity index (χ3n) is 3.50. The lowest BCUT2D eigenvalue weighted by molar-refractivity contribution is 0.0788. The standard InChI is InChI=1S/C18H21FN2O2.ClH/c1-21(18(22)15-5-3-14(13-20)4-6-15)11-2-12-23-17-9-7-16(19)8-10-17;/h3-10H,2,11-13,20H2,1H3;1H. The number of nitrogens with two attached hydrogens (primary N) is 1. The van der Waals surface area contributed by atoms with Gasteiger partial charge in [0.05, 0.1) is 6.61 Å². The molecule has 2 aromatic rings. The molecule has 0 aliphatic heterocycles. The van der Waals surface area contributed by atoms with Gasteiger partial charge in [0.15, 0.2) is 0 Å². The minimum absolute atomic E-state index is 0. The molecule has 0 bridgehead atoms. The second kappa shape index (κ2) is 9.90. The van der Waals surface area contributed by atoms with Gasteiger partial charge in [0.2, 0.25) is 0 Å². The molecule has 0 aliphatic carbocycles. The first-order valence-electron chi connectivity index (χ1n) is 7.53. The monoisotopic (exact) mass is 352 g/mol. The van der Waals surface area contributed by atoms with Crippen molar-refractivity contribution in [3.05, 3.63) is 65.5 Å². The molecule has 2 N–H and O–H groups in total. The van der Waals surface area contributed by atoms with Crippen LogP contribution in [0, 0.1) is 5.82 Å². The number of rotatable bonds is 7. The normalized spacial score (nSPS) is 9.96. The Morgan fingerprint density at radius 1 is 1.12 bits per heavy atom. The summed E-state index contributed by atoms with van der Waals surface area (Å²) in [5.41, 5.74) is 7.18. The van der Waals surface area contributed by atoms with Crippen LogP contribution in [0.3, 0.4) is 0 Å². The third kappa shape index (κ3) is 5.83. The molecule has 0 spiro atoms. The smallest absolute Gasteiger partial charge is 0.253 e. The molecule has 1 amide bonds. The maximum Gasteiger partial charge on any atom is 0.253 e. The Morgan fingerprint density at radius 2 is 1.75 bits per heavy atom. The van der Waals surface area contributed by atoms with Crippen molar-refractivity contribution in [2.75, 3.05) is 20.2 Å². The van der Waals surface area contributed by atoms with Crippen molar-refractivity contribution in [1.82, 2.24) is 4.90 Å². The van der Waals surface area contributed by atoms with Gasteiger partial charge in [-0.15, -0.1) is 12.4 Å². The average molecular weight is 353 g/mol. The van der Waals surface area contributed by atoms with E-state index in [1.807, 2.05) is 12.1 Å². The lowest BCUT2D eigenvalue weighted by Gasteiger charge is -2.17. The van der Waals surface area contributed by atoms with E-state index in [1.54, 1.807) is 36.2 Å². The number of hydrogen-bond donors (Lipinski definition) is 1. The largest absolute Gasteiger partial charge is 0.494 e. The van der Waals surface area contributed by atoms with Gasteiger partial charge in [-0.2, -0.15) is 0 Å². The van der Waals surface area contributed by atoms with Gasteiger partial charge in [-0.05, 0) is 48.4 Å². The predicted octanol–water partition coefficient (Wildman–Crippen LogP) is 3.25. The van der Waals surface area contributed by atoms with Crippen LogP contribution in [0.4, 0.5) is 4.39 Å². The van der Waals surface area contributed by atoms with Crippen LogP contribution in [0.2, 0.25) is 0 Å². The summed E-state index contributed by atoms with van der Waals surface area (Å²) in [7, 11) is 1.76. The fraction of sp³-hybridized carbons (Fsp3) is 0.278. The second-order valence-electron chi connectivity index (χ2n) is 5.28. The predicted molar refractivity (Wildman–Crippen MR) is 95.1 cm³/mol. The van der Waals surface area contributed by atoms with E-state index in [-0.39, 0.29) is 24.1 Å². The first-order valence-corrected chi connectivity index (χ1v) is 7.53. The molecule has 0 saturated heterocycles. The van der Waals surface area contributed by atoms with Crippen molar-refractivity contribution in [3.63, 3.8) is 0 Å². The Bertz CT molecular complexity index is 632. The number of hydrogen-bond acceptors (Lipinski definition) is 3. The Hall–Kier alpha value is -2.11. The van der Waals surface area contributed by atoms with E-state index in [0.29, 0.717) is 37.4 Å². The highest BCUT2D eigenvalue weighted by Gasteiger charge is 2.11. The van der Waals surface area contributed by atoms with Gasteiger partial charge in [-0.3, -0.25) is 4.79 Å². The number of carbonyl (C=O) groups excluding carboxylic acids is 1. The molecule has 2 aromatic carbocycles. The molecule has 0 atom stereocenters. The number of amides is 1. The Morgan fingerprint density at radius 3 is 2.33 bits per heavy atom. The van der Waals surface area contributed by atoms with E-state index in [2.05, 4.69) is 0 Å². The molecule has 24 heavy (non-hydrogen) atoms. The number of nitrogens with zero attached hydrogens (tertiary/aromatic N) is 1.